The van der Waals surface area contributed by atoms with Gasteiger partial charge in [0.1, 0.15) is 5.54 Å². The van der Waals surface area contributed by atoms with Crippen LogP contribution in [-0.2, 0) is 9.53 Å². The SMILES string of the molecule is CCOC(=O)[C@@]12CCCN1CCC2=C(F)F. The number of fused-ring (bicyclic) bond motifs is 1. The van der Waals surface area contributed by atoms with Crippen LogP contribution in [0, 0.1) is 0 Å². The summed E-state index contributed by atoms with van der Waals surface area (Å²) in [7, 11) is 0. The molecule has 0 aromatic heterocycles. The fraction of sp³-hybridized carbons (Fsp3) is 0.727. The van der Waals surface area contributed by atoms with Crippen LogP contribution in [0.15, 0.2) is 11.7 Å². The molecule has 2 rings (SSSR count). The first-order valence-corrected chi connectivity index (χ1v) is 5.60. The van der Waals surface area contributed by atoms with E-state index in [0.29, 0.717) is 19.5 Å². The summed E-state index contributed by atoms with van der Waals surface area (Å²) < 4.78 is 30.7. The van der Waals surface area contributed by atoms with Crippen LogP contribution in [0.5, 0.6) is 0 Å². The van der Waals surface area contributed by atoms with Gasteiger partial charge >= 0.3 is 5.97 Å². The monoisotopic (exact) mass is 231 g/mol. The van der Waals surface area contributed by atoms with Gasteiger partial charge in [-0.2, -0.15) is 8.78 Å². The highest BCUT2D eigenvalue weighted by molar-refractivity contribution is 5.86. The van der Waals surface area contributed by atoms with Crippen molar-refractivity contribution in [3.05, 3.63) is 11.7 Å². The molecule has 2 saturated heterocycles. The number of carbonyl (C=O) groups is 1. The fourth-order valence-electron chi connectivity index (χ4n) is 2.83. The Balaban J connectivity index is 2.38. The Labute approximate surface area is 93.1 Å². The summed E-state index contributed by atoms with van der Waals surface area (Å²) in [6.45, 7) is 3.16. The molecule has 0 unspecified atom stereocenters. The van der Waals surface area contributed by atoms with Gasteiger partial charge in [-0.05, 0) is 32.7 Å². The molecule has 0 aromatic rings. The van der Waals surface area contributed by atoms with Gasteiger partial charge in [0.15, 0.2) is 0 Å². The van der Waals surface area contributed by atoms with Crippen molar-refractivity contribution in [1.82, 2.24) is 4.90 Å². The Morgan fingerprint density at radius 1 is 1.50 bits per heavy atom. The zero-order valence-electron chi connectivity index (χ0n) is 9.26. The van der Waals surface area contributed by atoms with Crippen LogP contribution < -0.4 is 0 Å². The molecule has 5 heteroatoms. The van der Waals surface area contributed by atoms with E-state index < -0.39 is 17.6 Å². The largest absolute Gasteiger partial charge is 0.464 e. The quantitative estimate of drug-likeness (QED) is 0.680. The summed E-state index contributed by atoms with van der Waals surface area (Å²) in [4.78, 5) is 13.8. The van der Waals surface area contributed by atoms with E-state index in [4.69, 9.17) is 4.74 Å². The van der Waals surface area contributed by atoms with Gasteiger partial charge in [0, 0.05) is 12.1 Å². The summed E-state index contributed by atoms with van der Waals surface area (Å²) >= 11 is 0. The zero-order chi connectivity index (χ0) is 11.8. The highest BCUT2D eigenvalue weighted by Crippen LogP contribution is 2.45. The van der Waals surface area contributed by atoms with Crippen LogP contribution in [0.25, 0.3) is 0 Å². The van der Waals surface area contributed by atoms with Crippen LogP contribution in [0.2, 0.25) is 0 Å². The average molecular weight is 231 g/mol. The minimum Gasteiger partial charge on any atom is -0.464 e. The van der Waals surface area contributed by atoms with E-state index in [1.165, 1.54) is 0 Å². The number of ether oxygens (including phenoxy) is 1. The standard InChI is InChI=1S/C11H15F2NO2/c1-2-16-10(15)11-5-3-6-14(11)7-4-8(11)9(12)13/h2-7H2,1H3/t11-/m0/s1. The highest BCUT2D eigenvalue weighted by Gasteiger charge is 2.56. The summed E-state index contributed by atoms with van der Waals surface area (Å²) in [6.07, 6.45) is -0.202. The van der Waals surface area contributed by atoms with E-state index in [1.54, 1.807) is 6.92 Å². The third-order valence-corrected chi connectivity index (χ3v) is 3.48. The van der Waals surface area contributed by atoms with Gasteiger partial charge in [0.25, 0.3) is 6.08 Å². The topological polar surface area (TPSA) is 29.5 Å². The normalized spacial score (nSPS) is 29.3. The van der Waals surface area contributed by atoms with Crippen LogP contribution in [-0.4, -0.2) is 36.1 Å². The number of halogens is 2. The van der Waals surface area contributed by atoms with Crippen molar-refractivity contribution in [1.29, 1.82) is 0 Å². The number of esters is 1. The van der Waals surface area contributed by atoms with Crippen LogP contribution >= 0.6 is 0 Å². The maximum atomic E-state index is 12.9. The molecule has 0 amide bonds. The number of carbonyl (C=O) groups excluding carboxylic acids is 1. The van der Waals surface area contributed by atoms with Crippen molar-refractivity contribution < 1.29 is 18.3 Å². The van der Waals surface area contributed by atoms with Crippen LogP contribution in [0.3, 0.4) is 0 Å². The molecule has 3 nitrogen and oxygen atoms in total. The molecule has 2 aliphatic rings. The first-order chi connectivity index (χ1) is 7.63. The molecule has 90 valence electrons. The molecule has 0 aliphatic carbocycles. The Bertz CT molecular complexity index is 339. The Morgan fingerprint density at radius 3 is 2.88 bits per heavy atom. The molecule has 2 heterocycles. The predicted molar refractivity (Wildman–Crippen MR) is 54.0 cm³/mol. The summed E-state index contributed by atoms with van der Waals surface area (Å²) in [5, 5.41) is 0. The molecule has 2 aliphatic heterocycles. The summed E-state index contributed by atoms with van der Waals surface area (Å²) in [5.74, 6) is -0.507. The zero-order valence-corrected chi connectivity index (χ0v) is 9.26. The molecule has 1 atom stereocenters. The Hall–Kier alpha value is -0.970. The van der Waals surface area contributed by atoms with Gasteiger partial charge in [0.2, 0.25) is 0 Å². The van der Waals surface area contributed by atoms with E-state index in [9.17, 15) is 13.6 Å². The smallest absolute Gasteiger partial charge is 0.331 e. The van der Waals surface area contributed by atoms with E-state index in [-0.39, 0.29) is 18.6 Å². The van der Waals surface area contributed by atoms with E-state index >= 15 is 0 Å². The minimum atomic E-state index is -1.71. The van der Waals surface area contributed by atoms with Gasteiger partial charge < -0.3 is 4.74 Å². The molecule has 0 saturated carbocycles. The average Bonchev–Trinajstić information content (AvgIpc) is 2.74. The third-order valence-electron chi connectivity index (χ3n) is 3.48. The van der Waals surface area contributed by atoms with Gasteiger partial charge in [-0.1, -0.05) is 0 Å². The Morgan fingerprint density at radius 2 is 2.25 bits per heavy atom. The van der Waals surface area contributed by atoms with Crippen molar-refractivity contribution in [2.45, 2.75) is 31.7 Å². The lowest BCUT2D eigenvalue weighted by molar-refractivity contribution is -0.152. The third kappa shape index (κ3) is 1.45. The van der Waals surface area contributed by atoms with Crippen molar-refractivity contribution in [2.24, 2.45) is 0 Å². The lowest BCUT2D eigenvalue weighted by atomic mass is 9.89. The minimum absolute atomic E-state index is 0.0246. The maximum Gasteiger partial charge on any atom is 0.331 e. The summed E-state index contributed by atoms with van der Waals surface area (Å²) in [5.41, 5.74) is -1.17. The van der Waals surface area contributed by atoms with Crippen LogP contribution in [0.1, 0.15) is 26.2 Å². The van der Waals surface area contributed by atoms with Crippen molar-refractivity contribution in [3.63, 3.8) is 0 Å². The van der Waals surface area contributed by atoms with Crippen molar-refractivity contribution in [2.75, 3.05) is 19.7 Å². The Kier molecular flexibility index (Phi) is 2.97. The number of nitrogens with zero attached hydrogens (tertiary/aromatic N) is 1. The second-order valence-electron chi connectivity index (χ2n) is 4.16. The fourth-order valence-corrected chi connectivity index (χ4v) is 2.83. The number of hydrogen-bond acceptors (Lipinski definition) is 3. The van der Waals surface area contributed by atoms with Crippen molar-refractivity contribution >= 4 is 5.97 Å². The van der Waals surface area contributed by atoms with Gasteiger partial charge in [0.05, 0.1) is 6.61 Å². The number of rotatable bonds is 2. The van der Waals surface area contributed by atoms with E-state index in [0.717, 1.165) is 6.42 Å². The second kappa shape index (κ2) is 4.13. The molecule has 0 aromatic carbocycles. The predicted octanol–water partition coefficient (Wildman–Crippen LogP) is 1.94. The molecule has 16 heavy (non-hydrogen) atoms. The highest BCUT2D eigenvalue weighted by atomic mass is 19.3. The molecule has 0 radical (unpaired) electrons. The number of hydrogen-bond donors (Lipinski definition) is 0. The van der Waals surface area contributed by atoms with Gasteiger partial charge in [-0.3, -0.25) is 4.90 Å². The summed E-state index contributed by atoms with van der Waals surface area (Å²) in [6, 6.07) is 0. The van der Waals surface area contributed by atoms with Gasteiger partial charge in [-0.25, -0.2) is 4.79 Å². The molecule has 0 bridgehead atoms. The maximum absolute atomic E-state index is 12.9. The molecule has 2 fully saturated rings. The molecular formula is C11H15F2NO2. The lowest BCUT2D eigenvalue weighted by Crippen LogP contribution is -2.48. The first kappa shape index (κ1) is 11.5. The molecular weight excluding hydrogens is 216 g/mol. The van der Waals surface area contributed by atoms with Gasteiger partial charge in [-0.15, -0.1) is 0 Å². The lowest BCUT2D eigenvalue weighted by Gasteiger charge is -2.29. The first-order valence-electron chi connectivity index (χ1n) is 5.60. The second-order valence-corrected chi connectivity index (χ2v) is 4.16. The molecule has 0 N–H and O–H groups in total. The van der Waals surface area contributed by atoms with E-state index in [2.05, 4.69) is 0 Å². The van der Waals surface area contributed by atoms with Crippen molar-refractivity contribution in [3.8, 4) is 0 Å². The van der Waals surface area contributed by atoms with E-state index in [1.807, 2.05) is 4.90 Å². The van der Waals surface area contributed by atoms with Crippen LogP contribution in [0.4, 0.5) is 8.78 Å². The molecule has 0 spiro atoms.